The second-order valence-electron chi connectivity index (χ2n) is 10.7. The van der Waals surface area contributed by atoms with Crippen LogP contribution in [0.2, 0.25) is 0 Å². The molecular weight excluding hydrogens is 501 g/mol. The van der Waals surface area contributed by atoms with Gasteiger partial charge in [0.1, 0.15) is 5.82 Å². The van der Waals surface area contributed by atoms with E-state index in [0.29, 0.717) is 24.2 Å². The third kappa shape index (κ3) is 6.36. The summed E-state index contributed by atoms with van der Waals surface area (Å²) in [5.41, 5.74) is 13.4. The van der Waals surface area contributed by atoms with Gasteiger partial charge in [0.2, 0.25) is 0 Å². The molecule has 0 aliphatic heterocycles. The van der Waals surface area contributed by atoms with Crippen molar-refractivity contribution in [3.63, 3.8) is 0 Å². The van der Waals surface area contributed by atoms with Crippen LogP contribution in [0.3, 0.4) is 0 Å². The number of carbonyl (C=O) groups excluding carboxylic acids is 1. The van der Waals surface area contributed by atoms with Gasteiger partial charge < -0.3 is 27.2 Å². The van der Waals surface area contributed by atoms with Crippen molar-refractivity contribution in [2.24, 2.45) is 5.73 Å². The summed E-state index contributed by atoms with van der Waals surface area (Å²) in [7, 11) is 0. The number of carbonyl (C=O) groups is 2. The Morgan fingerprint density at radius 2 is 1.82 bits per heavy atom. The molecule has 206 valence electrons. The van der Waals surface area contributed by atoms with Gasteiger partial charge in [0.05, 0.1) is 23.5 Å². The number of carboxylic acid groups (broad SMARTS) is 1. The fourth-order valence-electron chi connectivity index (χ4n) is 5.08. The average molecular weight is 536 g/mol. The SMILES string of the molecule is CC(C)(C)N(C(=O)O)[C@H]1CCCC[C@H]1Nc1nc(Nc2cncc(-c3cccc(N)c3)c2)c(C(N)=O)cc1F. The lowest BCUT2D eigenvalue weighted by atomic mass is 9.86. The summed E-state index contributed by atoms with van der Waals surface area (Å²) in [5, 5.41) is 16.1. The van der Waals surface area contributed by atoms with Crippen LogP contribution >= 0.6 is 0 Å². The van der Waals surface area contributed by atoms with E-state index in [4.69, 9.17) is 11.5 Å². The summed E-state index contributed by atoms with van der Waals surface area (Å²) in [5.74, 6) is -1.66. The molecule has 3 aromatic rings. The van der Waals surface area contributed by atoms with Crippen molar-refractivity contribution in [2.45, 2.75) is 64.1 Å². The number of nitrogens with one attached hydrogen (secondary N) is 2. The largest absolute Gasteiger partial charge is 0.465 e. The number of amides is 2. The van der Waals surface area contributed by atoms with Crippen LogP contribution in [0.5, 0.6) is 0 Å². The van der Waals surface area contributed by atoms with Crippen LogP contribution in [0.15, 0.2) is 48.8 Å². The minimum absolute atomic E-state index is 0.0520. The number of benzene rings is 1. The summed E-state index contributed by atoms with van der Waals surface area (Å²) < 4.78 is 15.2. The number of halogens is 1. The predicted molar refractivity (Wildman–Crippen MR) is 149 cm³/mol. The molecule has 4 rings (SSSR count). The summed E-state index contributed by atoms with van der Waals surface area (Å²) in [6.07, 6.45) is 5.18. The van der Waals surface area contributed by atoms with E-state index < -0.39 is 23.4 Å². The highest BCUT2D eigenvalue weighted by atomic mass is 19.1. The van der Waals surface area contributed by atoms with Crippen LogP contribution in [0.1, 0.15) is 56.8 Å². The molecule has 2 atom stereocenters. The zero-order valence-electron chi connectivity index (χ0n) is 22.2. The van der Waals surface area contributed by atoms with E-state index in [1.807, 2.05) is 39.0 Å². The minimum Gasteiger partial charge on any atom is -0.465 e. The second kappa shape index (κ2) is 11.1. The molecule has 0 saturated heterocycles. The van der Waals surface area contributed by atoms with Crippen molar-refractivity contribution in [1.82, 2.24) is 14.9 Å². The van der Waals surface area contributed by atoms with Crippen molar-refractivity contribution >= 4 is 35.0 Å². The number of nitrogens with two attached hydrogens (primary N) is 2. The highest BCUT2D eigenvalue weighted by Gasteiger charge is 2.39. The van der Waals surface area contributed by atoms with Gasteiger partial charge in [0, 0.05) is 29.0 Å². The van der Waals surface area contributed by atoms with E-state index >= 15 is 4.39 Å². The van der Waals surface area contributed by atoms with Gasteiger partial charge in [-0.1, -0.05) is 25.0 Å². The molecular formula is C28H34FN7O3. The van der Waals surface area contributed by atoms with E-state index in [1.165, 1.54) is 4.90 Å². The molecule has 1 aliphatic carbocycles. The zero-order valence-corrected chi connectivity index (χ0v) is 22.2. The first-order valence-electron chi connectivity index (χ1n) is 12.8. The molecule has 0 unspecified atom stereocenters. The Balaban J connectivity index is 1.67. The van der Waals surface area contributed by atoms with E-state index in [1.54, 1.807) is 24.5 Å². The Morgan fingerprint density at radius 3 is 2.49 bits per heavy atom. The third-order valence-corrected chi connectivity index (χ3v) is 6.77. The van der Waals surface area contributed by atoms with Crippen LogP contribution < -0.4 is 22.1 Å². The predicted octanol–water partition coefficient (Wildman–Crippen LogP) is 5.21. The number of rotatable bonds is 7. The highest BCUT2D eigenvalue weighted by molar-refractivity contribution is 5.98. The normalized spacial score (nSPS) is 17.3. The molecule has 1 aliphatic rings. The first kappa shape index (κ1) is 27.6. The minimum atomic E-state index is -1.03. The Kier molecular flexibility index (Phi) is 7.89. The van der Waals surface area contributed by atoms with Gasteiger partial charge in [-0.25, -0.2) is 14.2 Å². The van der Waals surface area contributed by atoms with Crippen molar-refractivity contribution in [3.8, 4) is 11.1 Å². The first-order chi connectivity index (χ1) is 18.4. The maximum absolute atomic E-state index is 15.2. The number of pyridine rings is 2. The van der Waals surface area contributed by atoms with Crippen molar-refractivity contribution in [2.75, 3.05) is 16.4 Å². The number of anilines is 4. The van der Waals surface area contributed by atoms with Gasteiger partial charge in [-0.15, -0.1) is 0 Å². The van der Waals surface area contributed by atoms with E-state index in [2.05, 4.69) is 20.6 Å². The number of nitrogen functional groups attached to an aromatic ring is 1. The highest BCUT2D eigenvalue weighted by Crippen LogP contribution is 2.32. The molecule has 2 heterocycles. The van der Waals surface area contributed by atoms with Crippen LogP contribution in [-0.2, 0) is 0 Å². The second-order valence-corrected chi connectivity index (χ2v) is 10.7. The lowest BCUT2D eigenvalue weighted by Crippen LogP contribution is -2.58. The third-order valence-electron chi connectivity index (χ3n) is 6.77. The van der Waals surface area contributed by atoms with Crippen molar-refractivity contribution < 1.29 is 19.1 Å². The van der Waals surface area contributed by atoms with Gasteiger partial charge in [-0.2, -0.15) is 0 Å². The average Bonchev–Trinajstić information content (AvgIpc) is 2.86. The van der Waals surface area contributed by atoms with Gasteiger partial charge in [-0.3, -0.25) is 14.7 Å². The van der Waals surface area contributed by atoms with Gasteiger partial charge >= 0.3 is 6.09 Å². The monoisotopic (exact) mass is 535 g/mol. The number of primary amides is 1. The van der Waals surface area contributed by atoms with Crippen molar-refractivity contribution in [3.05, 3.63) is 60.2 Å². The lowest BCUT2D eigenvalue weighted by molar-refractivity contribution is 0.0519. The molecule has 0 spiro atoms. The first-order valence-corrected chi connectivity index (χ1v) is 12.8. The molecule has 11 heteroatoms. The molecule has 0 radical (unpaired) electrons. The maximum atomic E-state index is 15.2. The van der Waals surface area contributed by atoms with Crippen LogP contribution in [0, 0.1) is 5.82 Å². The van der Waals surface area contributed by atoms with E-state index in [9.17, 15) is 14.7 Å². The lowest BCUT2D eigenvalue weighted by Gasteiger charge is -2.45. The summed E-state index contributed by atoms with van der Waals surface area (Å²) in [6.45, 7) is 5.50. The molecule has 1 aromatic carbocycles. The topological polar surface area (TPSA) is 159 Å². The van der Waals surface area contributed by atoms with E-state index in [0.717, 1.165) is 30.0 Å². The van der Waals surface area contributed by atoms with Crippen LogP contribution in [0.25, 0.3) is 11.1 Å². The van der Waals surface area contributed by atoms with Gasteiger partial charge in [0.25, 0.3) is 5.91 Å². The Bertz CT molecular complexity index is 1380. The number of nitrogens with zero attached hydrogens (tertiary/aromatic N) is 3. The quantitative estimate of drug-likeness (QED) is 0.258. The fraction of sp³-hybridized carbons (Fsp3) is 0.357. The molecule has 2 amide bonds. The number of hydrogen-bond donors (Lipinski definition) is 5. The molecule has 0 bridgehead atoms. The summed E-state index contributed by atoms with van der Waals surface area (Å²) >= 11 is 0. The molecule has 2 aromatic heterocycles. The van der Waals surface area contributed by atoms with Crippen LogP contribution in [-0.4, -0.2) is 49.6 Å². The molecule has 1 saturated carbocycles. The zero-order chi connectivity index (χ0) is 28.3. The standard InChI is InChI=1S/C28H34FN7O3/c1-28(2,3)36(27(38)39)23-10-5-4-9-22(23)34-26-21(29)13-20(24(31)37)25(35-26)33-19-12-17(14-32-15-19)16-7-6-8-18(30)11-16/h6-8,11-15,22-23H,4-5,9-10,30H2,1-3H3,(H2,31,37)(H,38,39)(H2,33,34,35)/t22-,23+/m1/s1. The summed E-state index contributed by atoms with van der Waals surface area (Å²) in [4.78, 5) is 34.4. The van der Waals surface area contributed by atoms with Gasteiger partial charge in [0.15, 0.2) is 11.6 Å². The fourth-order valence-corrected chi connectivity index (χ4v) is 5.08. The number of aromatic nitrogens is 2. The van der Waals surface area contributed by atoms with E-state index in [-0.39, 0.29) is 29.3 Å². The van der Waals surface area contributed by atoms with Crippen LogP contribution in [0.4, 0.5) is 32.2 Å². The smallest absolute Gasteiger partial charge is 0.408 e. The molecule has 10 nitrogen and oxygen atoms in total. The van der Waals surface area contributed by atoms with Gasteiger partial charge in [-0.05, 0) is 63.4 Å². The van der Waals surface area contributed by atoms with Crippen molar-refractivity contribution in [1.29, 1.82) is 0 Å². The molecule has 39 heavy (non-hydrogen) atoms. The Labute approximate surface area is 226 Å². The summed E-state index contributed by atoms with van der Waals surface area (Å²) in [6, 6.07) is 9.39. The maximum Gasteiger partial charge on any atom is 0.408 e. The Morgan fingerprint density at radius 1 is 1.08 bits per heavy atom. The Hall–Kier alpha value is -4.41. The molecule has 7 N–H and O–H groups in total. The molecule has 1 fully saturated rings. The number of hydrogen-bond acceptors (Lipinski definition) is 7.